The number of primary sulfonamides is 1. The quantitative estimate of drug-likeness (QED) is 0.698. The van der Waals surface area contributed by atoms with Crippen LogP contribution in [0.4, 0.5) is 5.69 Å². The first-order chi connectivity index (χ1) is 14.8. The van der Waals surface area contributed by atoms with Crippen molar-refractivity contribution in [2.24, 2.45) is 28.3 Å². The van der Waals surface area contributed by atoms with Gasteiger partial charge in [-0.2, -0.15) is 0 Å². The molecule has 1 aromatic carbocycles. The molecule has 5 fully saturated rings. The third kappa shape index (κ3) is 4.34. The molecule has 0 aromatic heterocycles. The highest BCUT2D eigenvalue weighted by molar-refractivity contribution is 7.89. The molecule has 0 unspecified atom stereocenters. The zero-order valence-corrected chi connectivity index (χ0v) is 18.8. The third-order valence-corrected chi connectivity index (χ3v) is 8.91. The van der Waals surface area contributed by atoms with Gasteiger partial charge in [0.15, 0.2) is 0 Å². The lowest BCUT2D eigenvalue weighted by Crippen LogP contribution is -2.47. The fourth-order valence-corrected chi connectivity index (χ4v) is 7.63. The van der Waals surface area contributed by atoms with E-state index in [1.165, 1.54) is 50.7 Å². The minimum absolute atomic E-state index is 0.0317. The summed E-state index contributed by atoms with van der Waals surface area (Å²) in [7, 11) is -3.88. The van der Waals surface area contributed by atoms with Crippen molar-refractivity contribution in [3.8, 4) is 0 Å². The highest BCUT2D eigenvalue weighted by Crippen LogP contribution is 2.61. The highest BCUT2D eigenvalue weighted by atomic mass is 32.2. The standard InChI is InChI=1S/C23H33N3O4S/c24-31(28,29)19-1-2-21(26-5-7-30-8-6-26)20(12-19)22(27)25-4-3-23-13-16-9-17(14-23)11-18(10-16)15-23/h1-2,12,16-18H,3-11,13-15H2,(H,25,27)(H2,24,28,29). The molecule has 170 valence electrons. The molecule has 1 heterocycles. The molecular weight excluding hydrogens is 414 g/mol. The molecule has 0 atom stereocenters. The van der Waals surface area contributed by atoms with Crippen LogP contribution in [0.5, 0.6) is 0 Å². The van der Waals surface area contributed by atoms with E-state index in [0.717, 1.165) is 29.9 Å². The third-order valence-electron chi connectivity index (χ3n) is 8.00. The van der Waals surface area contributed by atoms with Crippen molar-refractivity contribution in [2.45, 2.75) is 49.8 Å². The molecule has 4 saturated carbocycles. The maximum atomic E-state index is 13.2. The van der Waals surface area contributed by atoms with Gasteiger partial charge in [0.1, 0.15) is 0 Å². The number of amides is 1. The molecule has 1 aliphatic heterocycles. The van der Waals surface area contributed by atoms with Crippen molar-refractivity contribution in [2.75, 3.05) is 37.7 Å². The van der Waals surface area contributed by atoms with E-state index in [1.54, 1.807) is 6.07 Å². The number of benzene rings is 1. The number of nitrogens with one attached hydrogen (secondary N) is 1. The number of hydrogen-bond acceptors (Lipinski definition) is 5. The first-order valence-electron chi connectivity index (χ1n) is 11.6. The number of nitrogens with zero attached hydrogens (tertiary/aromatic N) is 1. The summed E-state index contributed by atoms with van der Waals surface area (Å²) in [5.74, 6) is 2.45. The second-order valence-corrected chi connectivity index (χ2v) is 11.8. The van der Waals surface area contributed by atoms with Crippen LogP contribution in [-0.4, -0.2) is 47.2 Å². The lowest BCUT2D eigenvalue weighted by molar-refractivity contribution is -0.0564. The molecule has 1 saturated heterocycles. The summed E-state index contributed by atoms with van der Waals surface area (Å²) < 4.78 is 29.2. The van der Waals surface area contributed by atoms with Gasteiger partial charge >= 0.3 is 0 Å². The molecule has 8 heteroatoms. The normalized spacial score (nSPS) is 32.3. The lowest BCUT2D eigenvalue weighted by Gasteiger charge is -2.57. The Morgan fingerprint density at radius 1 is 1.10 bits per heavy atom. The van der Waals surface area contributed by atoms with Crippen molar-refractivity contribution < 1.29 is 17.9 Å². The van der Waals surface area contributed by atoms with Gasteiger partial charge in [-0.25, -0.2) is 13.6 Å². The summed E-state index contributed by atoms with van der Waals surface area (Å²) in [6.07, 6.45) is 9.20. The molecule has 4 bridgehead atoms. The van der Waals surface area contributed by atoms with E-state index in [1.807, 2.05) is 0 Å². The van der Waals surface area contributed by atoms with Crippen molar-refractivity contribution in [1.82, 2.24) is 5.32 Å². The number of hydrogen-bond donors (Lipinski definition) is 2. The Hall–Kier alpha value is -1.64. The Balaban J connectivity index is 1.31. The Labute approximate surface area is 184 Å². The van der Waals surface area contributed by atoms with Crippen LogP contribution in [0.2, 0.25) is 0 Å². The van der Waals surface area contributed by atoms with Crippen LogP contribution >= 0.6 is 0 Å². The van der Waals surface area contributed by atoms with Gasteiger partial charge in [-0.15, -0.1) is 0 Å². The maximum absolute atomic E-state index is 13.2. The van der Waals surface area contributed by atoms with Gasteiger partial charge in [0.2, 0.25) is 10.0 Å². The van der Waals surface area contributed by atoms with E-state index in [4.69, 9.17) is 9.88 Å². The molecule has 0 spiro atoms. The van der Waals surface area contributed by atoms with Gasteiger partial charge in [-0.05, 0) is 86.3 Å². The van der Waals surface area contributed by atoms with Gasteiger partial charge in [-0.3, -0.25) is 4.79 Å². The Kier molecular flexibility index (Phi) is 5.51. The van der Waals surface area contributed by atoms with E-state index in [0.29, 0.717) is 43.8 Å². The van der Waals surface area contributed by atoms with Gasteiger partial charge < -0.3 is 15.0 Å². The number of anilines is 1. The van der Waals surface area contributed by atoms with E-state index < -0.39 is 10.0 Å². The summed E-state index contributed by atoms with van der Waals surface area (Å²) in [6, 6.07) is 4.59. The number of sulfonamides is 1. The molecule has 7 nitrogen and oxygen atoms in total. The van der Waals surface area contributed by atoms with Gasteiger partial charge in [0.05, 0.1) is 23.7 Å². The van der Waals surface area contributed by atoms with Crippen LogP contribution < -0.4 is 15.4 Å². The van der Waals surface area contributed by atoms with Crippen molar-refractivity contribution in [3.05, 3.63) is 23.8 Å². The Bertz CT molecular complexity index is 920. The number of morpholine rings is 1. The Morgan fingerprint density at radius 2 is 1.71 bits per heavy atom. The second-order valence-electron chi connectivity index (χ2n) is 10.2. The van der Waals surface area contributed by atoms with Crippen LogP contribution in [0.15, 0.2) is 23.1 Å². The first kappa shape index (κ1) is 21.2. The molecule has 3 N–H and O–H groups in total. The van der Waals surface area contributed by atoms with Crippen LogP contribution in [0.25, 0.3) is 0 Å². The van der Waals surface area contributed by atoms with Crippen LogP contribution in [0.1, 0.15) is 55.3 Å². The molecule has 5 aliphatic rings. The van der Waals surface area contributed by atoms with Crippen LogP contribution in [0, 0.1) is 23.2 Å². The average molecular weight is 448 g/mol. The highest BCUT2D eigenvalue weighted by Gasteiger charge is 2.50. The second kappa shape index (κ2) is 8.05. The van der Waals surface area contributed by atoms with E-state index in [9.17, 15) is 13.2 Å². The Morgan fingerprint density at radius 3 is 2.29 bits per heavy atom. The van der Waals surface area contributed by atoms with Crippen molar-refractivity contribution >= 4 is 21.6 Å². The number of ether oxygens (including phenoxy) is 1. The summed E-state index contributed by atoms with van der Waals surface area (Å²) >= 11 is 0. The van der Waals surface area contributed by atoms with E-state index in [-0.39, 0.29) is 10.8 Å². The predicted octanol–water partition coefficient (Wildman–Crippen LogP) is 2.51. The summed E-state index contributed by atoms with van der Waals surface area (Å²) in [6.45, 7) is 3.14. The molecule has 0 radical (unpaired) electrons. The van der Waals surface area contributed by atoms with Crippen LogP contribution in [-0.2, 0) is 14.8 Å². The molecular formula is C23H33N3O4S. The van der Waals surface area contributed by atoms with Gasteiger partial charge in [0, 0.05) is 25.3 Å². The average Bonchev–Trinajstić information content (AvgIpc) is 2.72. The van der Waals surface area contributed by atoms with Gasteiger partial charge in [-0.1, -0.05) is 0 Å². The minimum Gasteiger partial charge on any atom is -0.378 e. The fraction of sp³-hybridized carbons (Fsp3) is 0.696. The molecule has 4 aliphatic carbocycles. The molecule has 1 amide bonds. The minimum atomic E-state index is -3.88. The molecule has 31 heavy (non-hydrogen) atoms. The summed E-state index contributed by atoms with van der Waals surface area (Å²) in [5.41, 5.74) is 1.51. The number of carbonyl (C=O) groups excluding carboxylic acids is 1. The summed E-state index contributed by atoms with van der Waals surface area (Å²) in [4.78, 5) is 15.2. The maximum Gasteiger partial charge on any atom is 0.253 e. The van der Waals surface area contributed by atoms with Gasteiger partial charge in [0.25, 0.3) is 5.91 Å². The lowest BCUT2D eigenvalue weighted by atomic mass is 9.49. The number of nitrogens with two attached hydrogens (primary N) is 1. The summed E-state index contributed by atoms with van der Waals surface area (Å²) in [5, 5.41) is 8.43. The number of carbonyl (C=O) groups is 1. The number of rotatable bonds is 6. The first-order valence-corrected chi connectivity index (χ1v) is 13.1. The predicted molar refractivity (Wildman–Crippen MR) is 118 cm³/mol. The zero-order valence-electron chi connectivity index (χ0n) is 18.0. The molecule has 1 aromatic rings. The fourth-order valence-electron chi connectivity index (χ4n) is 7.09. The SMILES string of the molecule is NS(=O)(=O)c1ccc(N2CCOCC2)c(C(=O)NCCC23CC4CC(CC(C4)C2)C3)c1. The smallest absolute Gasteiger partial charge is 0.253 e. The largest absolute Gasteiger partial charge is 0.378 e. The molecule has 6 rings (SSSR count). The topological polar surface area (TPSA) is 102 Å². The van der Waals surface area contributed by atoms with E-state index in [2.05, 4.69) is 10.2 Å². The monoisotopic (exact) mass is 447 g/mol. The zero-order chi connectivity index (χ0) is 21.6. The van der Waals surface area contributed by atoms with Crippen molar-refractivity contribution in [1.29, 1.82) is 0 Å². The van der Waals surface area contributed by atoms with Crippen molar-refractivity contribution in [3.63, 3.8) is 0 Å². The van der Waals surface area contributed by atoms with E-state index >= 15 is 0 Å². The van der Waals surface area contributed by atoms with Crippen LogP contribution in [0.3, 0.4) is 0 Å².